The second-order valence-corrected chi connectivity index (χ2v) is 11.9. The summed E-state index contributed by atoms with van der Waals surface area (Å²) in [4.78, 5) is 44.8. The maximum absolute atomic E-state index is 13.8. The summed E-state index contributed by atoms with van der Waals surface area (Å²) in [5.74, 6) is -1.35. The molecule has 10 heteroatoms. The van der Waals surface area contributed by atoms with E-state index in [-0.39, 0.29) is 34.9 Å². The number of aliphatic hydroxyl groups excluding tert-OH is 1. The number of aliphatic hydroxyl groups is 1. The number of thiophene rings is 1. The fourth-order valence-corrected chi connectivity index (χ4v) is 6.34. The van der Waals surface area contributed by atoms with Crippen LogP contribution in [0.15, 0.2) is 78.7 Å². The molecule has 0 spiro atoms. The zero-order valence-electron chi connectivity index (χ0n) is 22.4. The molecule has 0 aliphatic carbocycles. The smallest absolute Gasteiger partial charge is 0.255 e. The fraction of sp³-hybridized carbons (Fsp3) is 0.300. The van der Waals surface area contributed by atoms with Gasteiger partial charge in [0.1, 0.15) is 11.8 Å². The van der Waals surface area contributed by atoms with Gasteiger partial charge >= 0.3 is 0 Å². The highest BCUT2D eigenvalue weighted by atomic mass is 32.2. The van der Waals surface area contributed by atoms with E-state index in [1.807, 2.05) is 54.8 Å². The highest BCUT2D eigenvalue weighted by molar-refractivity contribution is 7.99. The van der Waals surface area contributed by atoms with Gasteiger partial charge < -0.3 is 25.3 Å². The van der Waals surface area contributed by atoms with Crippen molar-refractivity contribution in [2.24, 2.45) is 0 Å². The van der Waals surface area contributed by atoms with Gasteiger partial charge in [0.2, 0.25) is 0 Å². The molecule has 3 aromatic rings. The first-order valence-electron chi connectivity index (χ1n) is 12.9. The highest BCUT2D eigenvalue weighted by Gasteiger charge is 2.41. The number of carbonyl (C=O) groups is 3. The molecule has 1 fully saturated rings. The molecule has 2 heterocycles. The van der Waals surface area contributed by atoms with Gasteiger partial charge in [-0.25, -0.2) is 0 Å². The zero-order valence-corrected chi connectivity index (χ0v) is 24.0. The fourth-order valence-electron chi connectivity index (χ4n) is 4.61. The summed E-state index contributed by atoms with van der Waals surface area (Å²) in [7, 11) is 0. The number of carbonyl (C=O) groups excluding carboxylic acids is 3. The maximum atomic E-state index is 13.8. The SMILES string of the molecule is C=C[C@H]1C(=O)N(Cc2cccs2)C(C)SCN1C(=O)[C@@H](O)[C@H](Cc1ccccc1)NC(=O)c1cccc(O)c1C. The zero-order chi connectivity index (χ0) is 28.8. The molecule has 1 saturated heterocycles. The first kappa shape index (κ1) is 29.4. The van der Waals surface area contributed by atoms with Crippen molar-refractivity contribution in [3.05, 3.63) is 100 Å². The molecule has 4 atom stereocenters. The molecule has 40 heavy (non-hydrogen) atoms. The number of thioether (sulfide) groups is 1. The van der Waals surface area contributed by atoms with Crippen LogP contribution in [0, 0.1) is 6.92 Å². The van der Waals surface area contributed by atoms with Crippen LogP contribution in [-0.2, 0) is 22.6 Å². The van der Waals surface area contributed by atoms with Crippen molar-refractivity contribution in [2.45, 2.75) is 50.4 Å². The summed E-state index contributed by atoms with van der Waals surface area (Å²) in [6, 6.07) is 15.7. The monoisotopic (exact) mass is 579 g/mol. The number of benzene rings is 2. The van der Waals surface area contributed by atoms with Gasteiger partial charge in [-0.2, -0.15) is 0 Å². The van der Waals surface area contributed by atoms with Crippen LogP contribution >= 0.6 is 23.1 Å². The minimum atomic E-state index is -1.64. The number of hydrogen-bond acceptors (Lipinski definition) is 7. The van der Waals surface area contributed by atoms with Gasteiger partial charge in [0.15, 0.2) is 6.10 Å². The first-order chi connectivity index (χ1) is 19.2. The molecule has 4 rings (SSSR count). The van der Waals surface area contributed by atoms with Crippen LogP contribution in [0.2, 0.25) is 0 Å². The maximum Gasteiger partial charge on any atom is 0.255 e. The Kier molecular flexibility index (Phi) is 9.67. The summed E-state index contributed by atoms with van der Waals surface area (Å²) in [5.41, 5.74) is 1.44. The summed E-state index contributed by atoms with van der Waals surface area (Å²) in [6.07, 6.45) is -0.0448. The van der Waals surface area contributed by atoms with Gasteiger partial charge in [-0.15, -0.1) is 29.7 Å². The van der Waals surface area contributed by atoms with Gasteiger partial charge in [-0.3, -0.25) is 14.4 Å². The van der Waals surface area contributed by atoms with Crippen molar-refractivity contribution < 1.29 is 24.6 Å². The normalized spacial score (nSPS) is 19.0. The van der Waals surface area contributed by atoms with Crippen LogP contribution < -0.4 is 5.32 Å². The lowest BCUT2D eigenvalue weighted by Gasteiger charge is -2.32. The van der Waals surface area contributed by atoms with E-state index < -0.39 is 30.0 Å². The van der Waals surface area contributed by atoms with Crippen LogP contribution in [0.3, 0.4) is 0 Å². The third-order valence-electron chi connectivity index (χ3n) is 6.98. The standard InChI is InChI=1S/C30H33N3O5S2/c1-4-25-29(37)32(17-22-12-9-15-39-22)20(3)40-18-33(25)30(38)27(35)24(16-21-10-6-5-7-11-21)31-28(36)23-13-8-14-26(34)19(23)2/h4-15,20,24-25,27,34-35H,1,16-18H2,2-3H3,(H,31,36)/t20?,24-,25-,27-/m0/s1. The Morgan fingerprint density at radius 2 is 1.90 bits per heavy atom. The van der Waals surface area contributed by atoms with Crippen molar-refractivity contribution >= 4 is 40.8 Å². The average Bonchev–Trinajstić information content (AvgIpc) is 3.44. The molecular formula is C30H33N3O5S2. The van der Waals surface area contributed by atoms with Gasteiger partial charge in [-0.1, -0.05) is 48.5 Å². The summed E-state index contributed by atoms with van der Waals surface area (Å²) < 4.78 is 0. The van der Waals surface area contributed by atoms with Crippen LogP contribution in [0.1, 0.15) is 33.3 Å². The van der Waals surface area contributed by atoms with Crippen molar-refractivity contribution in [3.63, 3.8) is 0 Å². The molecule has 3 amide bonds. The van der Waals surface area contributed by atoms with Crippen LogP contribution in [0.4, 0.5) is 0 Å². The number of phenolic OH excluding ortho intramolecular Hbond substituents is 1. The molecule has 1 aromatic heterocycles. The number of hydrogen-bond donors (Lipinski definition) is 3. The number of amides is 3. The third kappa shape index (κ3) is 6.57. The molecule has 1 aliphatic heterocycles. The van der Waals surface area contributed by atoms with Crippen molar-refractivity contribution in [1.29, 1.82) is 0 Å². The van der Waals surface area contributed by atoms with Crippen molar-refractivity contribution in [3.8, 4) is 5.75 Å². The number of nitrogens with one attached hydrogen (secondary N) is 1. The van der Waals surface area contributed by atoms with E-state index in [0.29, 0.717) is 12.1 Å². The molecule has 2 aromatic carbocycles. The van der Waals surface area contributed by atoms with E-state index in [1.54, 1.807) is 35.3 Å². The summed E-state index contributed by atoms with van der Waals surface area (Å²) in [6.45, 7) is 7.77. The average molecular weight is 580 g/mol. The predicted octanol–water partition coefficient (Wildman–Crippen LogP) is 3.93. The second kappa shape index (κ2) is 13.2. The Labute approximate surface area is 242 Å². The van der Waals surface area contributed by atoms with Gasteiger partial charge in [-0.05, 0) is 49.4 Å². The lowest BCUT2D eigenvalue weighted by Crippen LogP contribution is -2.56. The van der Waals surface area contributed by atoms with E-state index in [2.05, 4.69) is 11.9 Å². The van der Waals surface area contributed by atoms with Gasteiger partial charge in [0.25, 0.3) is 17.7 Å². The minimum Gasteiger partial charge on any atom is -0.508 e. The Bertz CT molecular complexity index is 1350. The van der Waals surface area contributed by atoms with E-state index in [0.717, 1.165) is 10.4 Å². The third-order valence-corrected chi connectivity index (χ3v) is 9.00. The Balaban J connectivity index is 1.59. The van der Waals surface area contributed by atoms with E-state index in [1.165, 1.54) is 28.8 Å². The van der Waals surface area contributed by atoms with E-state index >= 15 is 0 Å². The van der Waals surface area contributed by atoms with E-state index in [9.17, 15) is 24.6 Å². The lowest BCUT2D eigenvalue weighted by molar-refractivity contribution is -0.148. The summed E-state index contributed by atoms with van der Waals surface area (Å²) >= 11 is 2.97. The lowest BCUT2D eigenvalue weighted by atomic mass is 9.98. The number of nitrogens with zero attached hydrogens (tertiary/aromatic N) is 2. The molecule has 8 nitrogen and oxygen atoms in total. The van der Waals surface area contributed by atoms with Gasteiger partial charge in [0, 0.05) is 16.0 Å². The Hall–Kier alpha value is -3.60. The molecule has 3 N–H and O–H groups in total. The van der Waals surface area contributed by atoms with Crippen molar-refractivity contribution in [1.82, 2.24) is 15.1 Å². The second-order valence-electron chi connectivity index (χ2n) is 9.59. The molecule has 0 radical (unpaired) electrons. The molecule has 210 valence electrons. The van der Waals surface area contributed by atoms with E-state index in [4.69, 9.17) is 0 Å². The topological polar surface area (TPSA) is 110 Å². The molecule has 0 saturated carbocycles. The van der Waals surface area contributed by atoms with Crippen LogP contribution in [-0.4, -0.2) is 67.2 Å². The van der Waals surface area contributed by atoms with Crippen molar-refractivity contribution in [2.75, 3.05) is 5.88 Å². The van der Waals surface area contributed by atoms with Crippen LogP contribution in [0.25, 0.3) is 0 Å². The Morgan fingerprint density at radius 1 is 1.15 bits per heavy atom. The summed E-state index contributed by atoms with van der Waals surface area (Å²) in [5, 5.41) is 26.0. The number of phenols is 1. The largest absolute Gasteiger partial charge is 0.508 e. The quantitative estimate of drug-likeness (QED) is 0.332. The molecule has 0 bridgehead atoms. The number of aromatic hydroxyl groups is 1. The number of rotatable bonds is 9. The minimum absolute atomic E-state index is 0.0287. The predicted molar refractivity (Wildman–Crippen MR) is 158 cm³/mol. The molecule has 1 aliphatic rings. The molecular weight excluding hydrogens is 546 g/mol. The first-order valence-corrected chi connectivity index (χ1v) is 14.8. The molecule has 1 unspecified atom stereocenters. The van der Waals surface area contributed by atoms with Gasteiger partial charge in [0.05, 0.1) is 23.8 Å². The Morgan fingerprint density at radius 3 is 2.58 bits per heavy atom. The van der Waals surface area contributed by atoms with Crippen LogP contribution in [0.5, 0.6) is 5.75 Å². The highest BCUT2D eigenvalue weighted by Crippen LogP contribution is 2.29.